The molecule has 4 heteroatoms. The molecule has 0 aromatic heterocycles. The van der Waals surface area contributed by atoms with Gasteiger partial charge in [-0.15, -0.1) is 0 Å². The molecule has 0 radical (unpaired) electrons. The molecule has 1 aromatic carbocycles. The average molecular weight is 234 g/mol. The van der Waals surface area contributed by atoms with Gasteiger partial charge in [0.05, 0.1) is 6.61 Å². The van der Waals surface area contributed by atoms with Gasteiger partial charge in [0.2, 0.25) is 0 Å². The van der Waals surface area contributed by atoms with Gasteiger partial charge in [0.15, 0.2) is 0 Å². The fraction of sp³-hybridized carbons (Fsp3) is 0.400. The molecule has 0 aliphatic heterocycles. The van der Waals surface area contributed by atoms with E-state index in [4.69, 9.17) is 28.3 Å². The van der Waals surface area contributed by atoms with Gasteiger partial charge < -0.3 is 10.4 Å². The summed E-state index contributed by atoms with van der Waals surface area (Å²) in [6, 6.07) is 5.46. The van der Waals surface area contributed by atoms with E-state index in [0.717, 1.165) is 5.56 Å². The molecule has 0 aliphatic carbocycles. The van der Waals surface area contributed by atoms with Crippen molar-refractivity contribution in [2.45, 2.75) is 19.5 Å². The molecule has 0 spiro atoms. The largest absolute Gasteiger partial charge is 0.395 e. The second-order valence-electron chi connectivity index (χ2n) is 3.20. The van der Waals surface area contributed by atoms with Crippen LogP contribution in [0.5, 0.6) is 0 Å². The number of rotatable bonds is 4. The Hall–Kier alpha value is -0.280. The maximum atomic E-state index is 8.81. The average Bonchev–Trinajstić information content (AvgIpc) is 2.16. The van der Waals surface area contributed by atoms with Crippen molar-refractivity contribution >= 4 is 23.2 Å². The molecular weight excluding hydrogens is 221 g/mol. The molecule has 14 heavy (non-hydrogen) atoms. The van der Waals surface area contributed by atoms with Crippen LogP contribution in [0.25, 0.3) is 0 Å². The monoisotopic (exact) mass is 233 g/mol. The molecule has 2 nitrogen and oxygen atoms in total. The van der Waals surface area contributed by atoms with Crippen molar-refractivity contribution in [3.8, 4) is 0 Å². The molecule has 2 N–H and O–H groups in total. The Morgan fingerprint density at radius 1 is 1.43 bits per heavy atom. The third kappa shape index (κ3) is 3.46. The van der Waals surface area contributed by atoms with Crippen molar-refractivity contribution in [2.75, 3.05) is 6.61 Å². The predicted molar refractivity (Wildman–Crippen MR) is 59.8 cm³/mol. The summed E-state index contributed by atoms with van der Waals surface area (Å²) in [6.45, 7) is 2.66. The summed E-state index contributed by atoms with van der Waals surface area (Å²) in [4.78, 5) is 0. The molecule has 0 aliphatic rings. The molecule has 0 fully saturated rings. The lowest BCUT2D eigenvalue weighted by Crippen LogP contribution is -2.28. The molecule has 1 rings (SSSR count). The van der Waals surface area contributed by atoms with Gasteiger partial charge in [-0.1, -0.05) is 29.3 Å². The molecule has 0 amide bonds. The smallest absolute Gasteiger partial charge is 0.0582 e. The van der Waals surface area contributed by atoms with Gasteiger partial charge >= 0.3 is 0 Å². The lowest BCUT2D eigenvalue weighted by molar-refractivity contribution is 0.251. The quantitative estimate of drug-likeness (QED) is 0.838. The lowest BCUT2D eigenvalue weighted by atomic mass is 10.2. The van der Waals surface area contributed by atoms with Crippen molar-refractivity contribution in [3.05, 3.63) is 33.8 Å². The number of nitrogens with one attached hydrogen (secondary N) is 1. The zero-order valence-electron chi connectivity index (χ0n) is 7.93. The normalized spacial score (nSPS) is 12.9. The van der Waals surface area contributed by atoms with Gasteiger partial charge in [0.25, 0.3) is 0 Å². The summed E-state index contributed by atoms with van der Waals surface area (Å²) in [5.41, 5.74) is 0.983. The number of benzene rings is 1. The minimum atomic E-state index is 0.0711. The van der Waals surface area contributed by atoms with E-state index in [0.29, 0.717) is 16.6 Å². The van der Waals surface area contributed by atoms with Crippen LogP contribution in [-0.2, 0) is 6.54 Å². The maximum absolute atomic E-state index is 8.81. The highest BCUT2D eigenvalue weighted by Gasteiger charge is 2.03. The first-order chi connectivity index (χ1) is 6.63. The van der Waals surface area contributed by atoms with Crippen LogP contribution in [0.4, 0.5) is 0 Å². The van der Waals surface area contributed by atoms with Crippen molar-refractivity contribution in [3.63, 3.8) is 0 Å². The van der Waals surface area contributed by atoms with Gasteiger partial charge in [-0.25, -0.2) is 0 Å². The second kappa shape index (κ2) is 5.56. The van der Waals surface area contributed by atoms with Crippen LogP contribution in [-0.4, -0.2) is 17.8 Å². The Morgan fingerprint density at radius 2 is 2.14 bits per heavy atom. The Bertz CT molecular complexity index is 304. The van der Waals surface area contributed by atoms with Crippen molar-refractivity contribution < 1.29 is 5.11 Å². The van der Waals surface area contributed by atoms with Crippen LogP contribution in [0.2, 0.25) is 10.0 Å². The second-order valence-corrected chi connectivity index (χ2v) is 4.04. The van der Waals surface area contributed by atoms with E-state index in [2.05, 4.69) is 5.32 Å². The van der Waals surface area contributed by atoms with Gasteiger partial charge in [0.1, 0.15) is 0 Å². The van der Waals surface area contributed by atoms with Gasteiger partial charge in [-0.3, -0.25) is 0 Å². The molecule has 1 aromatic rings. The fourth-order valence-electron chi connectivity index (χ4n) is 1.01. The summed E-state index contributed by atoms with van der Waals surface area (Å²) in [5, 5.41) is 13.2. The van der Waals surface area contributed by atoms with E-state index in [1.54, 1.807) is 12.1 Å². The lowest BCUT2D eigenvalue weighted by Gasteiger charge is -2.11. The van der Waals surface area contributed by atoms with Gasteiger partial charge in [-0.2, -0.15) is 0 Å². The third-order valence-electron chi connectivity index (χ3n) is 1.93. The minimum absolute atomic E-state index is 0.0711. The number of hydrogen-bond donors (Lipinski definition) is 2. The highest BCUT2D eigenvalue weighted by molar-refractivity contribution is 6.35. The summed E-state index contributed by atoms with van der Waals surface area (Å²) in [6.07, 6.45) is 0. The molecule has 0 bridgehead atoms. The van der Waals surface area contributed by atoms with E-state index in [9.17, 15) is 0 Å². The topological polar surface area (TPSA) is 32.3 Å². The van der Waals surface area contributed by atoms with Crippen LogP contribution in [0.1, 0.15) is 12.5 Å². The van der Waals surface area contributed by atoms with Crippen molar-refractivity contribution in [2.24, 2.45) is 0 Å². The predicted octanol–water partition coefficient (Wildman–Crippen LogP) is 2.46. The van der Waals surface area contributed by atoms with Crippen molar-refractivity contribution in [1.82, 2.24) is 5.32 Å². The standard InChI is InChI=1S/C10H13Cl2NO/c1-7(6-14)13-5-8-2-3-9(11)4-10(8)12/h2-4,7,13-14H,5-6H2,1H3. The summed E-state index contributed by atoms with van der Waals surface area (Å²) < 4.78 is 0. The summed E-state index contributed by atoms with van der Waals surface area (Å²) >= 11 is 11.7. The van der Waals surface area contributed by atoms with Crippen LogP contribution >= 0.6 is 23.2 Å². The fourth-order valence-corrected chi connectivity index (χ4v) is 1.49. The first-order valence-electron chi connectivity index (χ1n) is 4.41. The van der Waals surface area contributed by atoms with E-state index >= 15 is 0 Å². The molecular formula is C10H13Cl2NO. The first-order valence-corrected chi connectivity index (χ1v) is 5.17. The SMILES string of the molecule is CC(CO)NCc1ccc(Cl)cc1Cl. The molecule has 1 atom stereocenters. The number of halogens is 2. The van der Waals surface area contributed by atoms with E-state index in [1.165, 1.54) is 0 Å². The van der Waals surface area contributed by atoms with Crippen LogP contribution in [0, 0.1) is 0 Å². The Balaban J connectivity index is 2.59. The summed E-state index contributed by atoms with van der Waals surface area (Å²) in [5.74, 6) is 0. The van der Waals surface area contributed by atoms with E-state index in [1.807, 2.05) is 13.0 Å². The summed E-state index contributed by atoms with van der Waals surface area (Å²) in [7, 11) is 0. The number of hydrogen-bond acceptors (Lipinski definition) is 2. The van der Waals surface area contributed by atoms with Gasteiger partial charge in [0, 0.05) is 22.6 Å². The highest BCUT2D eigenvalue weighted by Crippen LogP contribution is 2.20. The maximum Gasteiger partial charge on any atom is 0.0582 e. The Labute approximate surface area is 93.8 Å². The Morgan fingerprint density at radius 3 is 2.71 bits per heavy atom. The van der Waals surface area contributed by atoms with E-state index in [-0.39, 0.29) is 12.6 Å². The highest BCUT2D eigenvalue weighted by atomic mass is 35.5. The number of aliphatic hydroxyl groups excluding tert-OH is 1. The van der Waals surface area contributed by atoms with Gasteiger partial charge in [-0.05, 0) is 24.6 Å². The molecule has 0 heterocycles. The first kappa shape index (κ1) is 11.8. The zero-order chi connectivity index (χ0) is 10.6. The van der Waals surface area contributed by atoms with E-state index < -0.39 is 0 Å². The van der Waals surface area contributed by atoms with Crippen LogP contribution < -0.4 is 5.32 Å². The molecule has 0 saturated carbocycles. The van der Waals surface area contributed by atoms with Crippen molar-refractivity contribution in [1.29, 1.82) is 0 Å². The minimum Gasteiger partial charge on any atom is -0.395 e. The van der Waals surface area contributed by atoms with Crippen LogP contribution in [0.3, 0.4) is 0 Å². The van der Waals surface area contributed by atoms with Crippen LogP contribution in [0.15, 0.2) is 18.2 Å². The molecule has 0 saturated heterocycles. The molecule has 78 valence electrons. The number of aliphatic hydroxyl groups is 1. The Kier molecular flexibility index (Phi) is 4.69. The molecule has 1 unspecified atom stereocenters. The zero-order valence-corrected chi connectivity index (χ0v) is 9.44. The third-order valence-corrected chi connectivity index (χ3v) is 2.52.